The summed E-state index contributed by atoms with van der Waals surface area (Å²) in [5.74, 6) is 0.966. The molecule has 2 aliphatic rings. The van der Waals surface area contributed by atoms with E-state index < -0.39 is 0 Å². The Kier molecular flexibility index (Phi) is 5.48. The molecule has 0 radical (unpaired) electrons. The van der Waals surface area contributed by atoms with Gasteiger partial charge in [-0.2, -0.15) is 0 Å². The molecule has 1 aromatic rings. The molecule has 0 saturated carbocycles. The molecular formula is C19H27N3O2. The molecule has 0 N–H and O–H groups in total. The Labute approximate surface area is 144 Å². The minimum Gasteiger partial charge on any atom is -0.342 e. The van der Waals surface area contributed by atoms with Gasteiger partial charge in [-0.1, -0.05) is 13.0 Å². The molecule has 3 heterocycles. The molecule has 0 aromatic carbocycles. The summed E-state index contributed by atoms with van der Waals surface area (Å²) in [5, 5.41) is 0. The molecule has 5 nitrogen and oxygen atoms in total. The second-order valence-corrected chi connectivity index (χ2v) is 6.90. The monoisotopic (exact) mass is 329 g/mol. The van der Waals surface area contributed by atoms with Crippen molar-refractivity contribution in [2.24, 2.45) is 5.92 Å². The summed E-state index contributed by atoms with van der Waals surface area (Å²) in [6.07, 6.45) is 6.47. The SMILES string of the molecule is CCCN1C(=O)CC[C@H]2CN(C(=O)CCc3ccccn3)CC[C@H]21. The van der Waals surface area contributed by atoms with Gasteiger partial charge in [0, 0.05) is 50.4 Å². The van der Waals surface area contributed by atoms with Gasteiger partial charge in [-0.25, -0.2) is 0 Å². The van der Waals surface area contributed by atoms with E-state index in [0.29, 0.717) is 37.1 Å². The van der Waals surface area contributed by atoms with Crippen LogP contribution in [-0.4, -0.2) is 52.3 Å². The van der Waals surface area contributed by atoms with E-state index in [1.54, 1.807) is 6.20 Å². The van der Waals surface area contributed by atoms with Crippen molar-refractivity contribution in [1.82, 2.24) is 14.8 Å². The number of amides is 2. The number of carbonyl (C=O) groups excluding carboxylic acids is 2. The third kappa shape index (κ3) is 3.77. The zero-order valence-corrected chi connectivity index (χ0v) is 14.5. The van der Waals surface area contributed by atoms with Gasteiger partial charge in [-0.15, -0.1) is 0 Å². The fourth-order valence-electron chi connectivity index (χ4n) is 4.05. The first-order chi connectivity index (χ1) is 11.7. The number of aromatic nitrogens is 1. The normalized spacial score (nSPS) is 24.0. The van der Waals surface area contributed by atoms with Gasteiger partial charge in [0.1, 0.15) is 0 Å². The van der Waals surface area contributed by atoms with Crippen molar-refractivity contribution in [3.05, 3.63) is 30.1 Å². The van der Waals surface area contributed by atoms with E-state index in [2.05, 4.69) is 16.8 Å². The maximum Gasteiger partial charge on any atom is 0.222 e. The van der Waals surface area contributed by atoms with Crippen molar-refractivity contribution in [1.29, 1.82) is 0 Å². The summed E-state index contributed by atoms with van der Waals surface area (Å²) < 4.78 is 0. The number of aryl methyl sites for hydroxylation is 1. The van der Waals surface area contributed by atoms with Crippen LogP contribution in [0.2, 0.25) is 0 Å². The van der Waals surface area contributed by atoms with Crippen molar-refractivity contribution < 1.29 is 9.59 Å². The second kappa shape index (κ2) is 7.77. The van der Waals surface area contributed by atoms with Crippen LogP contribution in [0.5, 0.6) is 0 Å². The van der Waals surface area contributed by atoms with Gasteiger partial charge < -0.3 is 9.80 Å². The maximum atomic E-state index is 12.5. The quantitative estimate of drug-likeness (QED) is 0.833. The highest BCUT2D eigenvalue weighted by atomic mass is 16.2. The van der Waals surface area contributed by atoms with E-state index in [1.165, 1.54) is 0 Å². The van der Waals surface area contributed by atoms with Gasteiger partial charge in [-0.3, -0.25) is 14.6 Å². The summed E-state index contributed by atoms with van der Waals surface area (Å²) in [4.78, 5) is 33.0. The standard InChI is InChI=1S/C19H27N3O2/c1-2-12-22-17-10-13-21(14-15(17)6-8-19(22)24)18(23)9-7-16-5-3-4-11-20-16/h3-5,11,15,17H,2,6-10,12-14H2,1H3/t15-,17+/m0/s1. The Morgan fingerprint density at radius 1 is 1.33 bits per heavy atom. The number of carbonyl (C=O) groups is 2. The first-order valence-corrected chi connectivity index (χ1v) is 9.16. The molecule has 2 amide bonds. The average Bonchev–Trinajstić information content (AvgIpc) is 2.62. The van der Waals surface area contributed by atoms with Crippen LogP contribution in [0.15, 0.2) is 24.4 Å². The third-order valence-corrected chi connectivity index (χ3v) is 5.28. The second-order valence-electron chi connectivity index (χ2n) is 6.90. The van der Waals surface area contributed by atoms with E-state index in [1.807, 2.05) is 23.1 Å². The van der Waals surface area contributed by atoms with Crippen molar-refractivity contribution in [3.8, 4) is 0 Å². The Morgan fingerprint density at radius 3 is 2.96 bits per heavy atom. The minimum atomic E-state index is 0.220. The highest BCUT2D eigenvalue weighted by Gasteiger charge is 2.39. The van der Waals surface area contributed by atoms with Gasteiger partial charge >= 0.3 is 0 Å². The molecule has 0 unspecified atom stereocenters. The van der Waals surface area contributed by atoms with Crippen LogP contribution >= 0.6 is 0 Å². The lowest BCUT2D eigenvalue weighted by Crippen LogP contribution is -2.57. The predicted octanol–water partition coefficient (Wildman–Crippen LogP) is 2.26. The molecule has 0 spiro atoms. The van der Waals surface area contributed by atoms with Crippen LogP contribution in [0.1, 0.15) is 44.7 Å². The van der Waals surface area contributed by atoms with Gasteiger partial charge in [0.25, 0.3) is 0 Å². The number of likely N-dealkylation sites (tertiary alicyclic amines) is 2. The average molecular weight is 329 g/mol. The zero-order chi connectivity index (χ0) is 16.9. The van der Waals surface area contributed by atoms with Gasteiger partial charge in [0.15, 0.2) is 0 Å². The van der Waals surface area contributed by atoms with Crippen LogP contribution in [0.3, 0.4) is 0 Å². The molecular weight excluding hydrogens is 302 g/mol. The van der Waals surface area contributed by atoms with Crippen molar-refractivity contribution in [3.63, 3.8) is 0 Å². The van der Waals surface area contributed by atoms with Gasteiger partial charge in [0.05, 0.1) is 0 Å². The van der Waals surface area contributed by atoms with E-state index in [9.17, 15) is 9.59 Å². The summed E-state index contributed by atoms with van der Waals surface area (Å²) in [6, 6.07) is 6.16. The summed E-state index contributed by atoms with van der Waals surface area (Å²) in [6.45, 7) is 4.55. The fraction of sp³-hybridized carbons (Fsp3) is 0.632. The van der Waals surface area contributed by atoms with Crippen molar-refractivity contribution in [2.45, 2.75) is 51.5 Å². The van der Waals surface area contributed by atoms with Crippen LogP contribution in [0.25, 0.3) is 0 Å². The van der Waals surface area contributed by atoms with Crippen molar-refractivity contribution >= 4 is 11.8 Å². The summed E-state index contributed by atoms with van der Waals surface area (Å²) in [7, 11) is 0. The van der Waals surface area contributed by atoms with Crippen LogP contribution in [-0.2, 0) is 16.0 Å². The number of rotatable bonds is 5. The van der Waals surface area contributed by atoms with E-state index in [-0.39, 0.29) is 5.91 Å². The molecule has 2 atom stereocenters. The topological polar surface area (TPSA) is 53.5 Å². The maximum absolute atomic E-state index is 12.5. The molecule has 5 heteroatoms. The van der Waals surface area contributed by atoms with Crippen LogP contribution < -0.4 is 0 Å². The Balaban J connectivity index is 1.54. The minimum absolute atomic E-state index is 0.220. The van der Waals surface area contributed by atoms with Gasteiger partial charge in [0.2, 0.25) is 11.8 Å². The molecule has 0 aliphatic carbocycles. The first kappa shape index (κ1) is 16.9. The molecule has 2 aliphatic heterocycles. The molecule has 24 heavy (non-hydrogen) atoms. The van der Waals surface area contributed by atoms with Crippen LogP contribution in [0, 0.1) is 5.92 Å². The largest absolute Gasteiger partial charge is 0.342 e. The number of piperidine rings is 2. The van der Waals surface area contributed by atoms with Crippen molar-refractivity contribution in [2.75, 3.05) is 19.6 Å². The summed E-state index contributed by atoms with van der Waals surface area (Å²) >= 11 is 0. The van der Waals surface area contributed by atoms with Crippen LogP contribution in [0.4, 0.5) is 0 Å². The number of hydrogen-bond acceptors (Lipinski definition) is 3. The third-order valence-electron chi connectivity index (χ3n) is 5.28. The van der Waals surface area contributed by atoms with E-state index in [4.69, 9.17) is 0 Å². The smallest absolute Gasteiger partial charge is 0.222 e. The number of pyridine rings is 1. The lowest BCUT2D eigenvalue weighted by atomic mass is 9.83. The van der Waals surface area contributed by atoms with E-state index >= 15 is 0 Å². The molecule has 130 valence electrons. The Bertz CT molecular complexity index is 575. The number of fused-ring (bicyclic) bond motifs is 1. The molecule has 2 saturated heterocycles. The highest BCUT2D eigenvalue weighted by Crippen LogP contribution is 2.31. The molecule has 0 bridgehead atoms. The lowest BCUT2D eigenvalue weighted by Gasteiger charge is -2.47. The van der Waals surface area contributed by atoms with E-state index in [0.717, 1.165) is 44.6 Å². The zero-order valence-electron chi connectivity index (χ0n) is 14.5. The molecule has 1 aromatic heterocycles. The first-order valence-electron chi connectivity index (χ1n) is 9.16. The molecule has 2 fully saturated rings. The summed E-state index contributed by atoms with van der Waals surface area (Å²) in [5.41, 5.74) is 0.970. The van der Waals surface area contributed by atoms with Gasteiger partial charge in [-0.05, 0) is 43.7 Å². The number of hydrogen-bond donors (Lipinski definition) is 0. The highest BCUT2D eigenvalue weighted by molar-refractivity contribution is 5.78. The number of nitrogens with zero attached hydrogens (tertiary/aromatic N) is 3. The molecule has 3 rings (SSSR count). The Morgan fingerprint density at radius 2 is 2.21 bits per heavy atom. The predicted molar refractivity (Wildman–Crippen MR) is 92.3 cm³/mol. The fourth-order valence-corrected chi connectivity index (χ4v) is 4.05. The lowest BCUT2D eigenvalue weighted by molar-refractivity contribution is -0.144. The Hall–Kier alpha value is -1.91.